The van der Waals surface area contributed by atoms with E-state index in [9.17, 15) is 9.90 Å². The summed E-state index contributed by atoms with van der Waals surface area (Å²) in [7, 11) is 0. The smallest absolute Gasteiger partial charge is 0.261 e. The van der Waals surface area contributed by atoms with Crippen LogP contribution in [-0.4, -0.2) is 14.7 Å². The molecule has 0 spiro atoms. The fourth-order valence-electron chi connectivity index (χ4n) is 2.23. The van der Waals surface area contributed by atoms with E-state index in [2.05, 4.69) is 4.98 Å². The van der Waals surface area contributed by atoms with E-state index in [1.54, 1.807) is 18.2 Å². The Kier molecular flexibility index (Phi) is 3.73. The van der Waals surface area contributed by atoms with Crippen LogP contribution in [0.15, 0.2) is 59.7 Å². The lowest BCUT2D eigenvalue weighted by Gasteiger charge is -2.13. The topological polar surface area (TPSA) is 55.1 Å². The number of aromatic nitrogens is 2. The number of fused-ring (bicyclic) bond motifs is 1. The molecule has 0 saturated heterocycles. The third-order valence-corrected chi connectivity index (χ3v) is 3.58. The minimum absolute atomic E-state index is 0.161. The highest BCUT2D eigenvalue weighted by molar-refractivity contribution is 6.31. The number of benzene rings is 2. The Hall–Kier alpha value is -2.17. The molecule has 4 nitrogen and oxygen atoms in total. The van der Waals surface area contributed by atoms with Crippen molar-refractivity contribution in [2.24, 2.45) is 0 Å². The lowest BCUT2D eigenvalue weighted by atomic mass is 10.1. The maximum Gasteiger partial charge on any atom is 0.261 e. The van der Waals surface area contributed by atoms with Crippen molar-refractivity contribution in [3.05, 3.63) is 75.8 Å². The first-order valence-electron chi connectivity index (χ1n) is 6.53. The molecule has 0 unspecified atom stereocenters. The Balaban J connectivity index is 1.96. The fraction of sp³-hybridized carbons (Fsp3) is 0.125. The third-order valence-electron chi connectivity index (χ3n) is 3.34. The van der Waals surface area contributed by atoms with Gasteiger partial charge in [0.25, 0.3) is 5.56 Å². The molecule has 3 rings (SSSR count). The molecular formula is C16H13ClN2O2. The van der Waals surface area contributed by atoms with E-state index in [1.165, 1.54) is 10.9 Å². The molecule has 1 N–H and O–H groups in total. The second-order valence-electron chi connectivity index (χ2n) is 4.79. The molecule has 0 amide bonds. The number of nitrogens with zero attached hydrogens (tertiary/aromatic N) is 2. The zero-order chi connectivity index (χ0) is 14.8. The molecule has 0 aliphatic rings. The van der Waals surface area contributed by atoms with E-state index >= 15 is 0 Å². The predicted molar refractivity (Wildman–Crippen MR) is 82.4 cm³/mol. The summed E-state index contributed by atoms with van der Waals surface area (Å²) in [5.41, 5.74) is 1.13. The van der Waals surface area contributed by atoms with Gasteiger partial charge in [-0.15, -0.1) is 0 Å². The van der Waals surface area contributed by atoms with Crippen LogP contribution in [0.4, 0.5) is 0 Å². The van der Waals surface area contributed by atoms with Crippen LogP contribution in [0.5, 0.6) is 0 Å². The fourth-order valence-corrected chi connectivity index (χ4v) is 2.39. The van der Waals surface area contributed by atoms with Crippen molar-refractivity contribution >= 4 is 22.5 Å². The first-order valence-corrected chi connectivity index (χ1v) is 6.90. The molecule has 0 saturated carbocycles. The summed E-state index contributed by atoms with van der Waals surface area (Å²) in [4.78, 5) is 16.6. The Labute approximate surface area is 126 Å². The van der Waals surface area contributed by atoms with Crippen LogP contribution in [0, 0.1) is 0 Å². The largest absolute Gasteiger partial charge is 0.387 e. The lowest BCUT2D eigenvalue weighted by molar-refractivity contribution is 0.155. The van der Waals surface area contributed by atoms with Gasteiger partial charge >= 0.3 is 0 Å². The van der Waals surface area contributed by atoms with Crippen LogP contribution in [0.3, 0.4) is 0 Å². The summed E-state index contributed by atoms with van der Waals surface area (Å²) >= 11 is 5.89. The van der Waals surface area contributed by atoms with E-state index in [0.29, 0.717) is 15.9 Å². The standard InChI is InChI=1S/C16H13ClN2O2/c17-12-6-7-13-14(8-12)18-10-19(16(13)21)9-15(20)11-4-2-1-3-5-11/h1-8,10,15,20H,9H2/t15-/m1/s1. The van der Waals surface area contributed by atoms with Gasteiger partial charge in [-0.2, -0.15) is 0 Å². The highest BCUT2D eigenvalue weighted by Gasteiger charge is 2.11. The minimum Gasteiger partial charge on any atom is -0.387 e. The number of aliphatic hydroxyl groups is 1. The van der Waals surface area contributed by atoms with Crippen molar-refractivity contribution in [1.82, 2.24) is 9.55 Å². The SMILES string of the molecule is O=c1c2ccc(Cl)cc2ncn1C[C@@H](O)c1ccccc1. The van der Waals surface area contributed by atoms with Crippen LogP contribution < -0.4 is 5.56 Å². The molecule has 3 aromatic rings. The number of rotatable bonds is 3. The number of hydrogen-bond acceptors (Lipinski definition) is 3. The van der Waals surface area contributed by atoms with Gasteiger partial charge in [0.05, 0.1) is 29.9 Å². The first-order chi connectivity index (χ1) is 10.1. The molecule has 0 fully saturated rings. The molecule has 2 aromatic carbocycles. The van der Waals surface area contributed by atoms with Crippen LogP contribution in [0.2, 0.25) is 5.02 Å². The second kappa shape index (κ2) is 5.68. The Morgan fingerprint density at radius 3 is 2.71 bits per heavy atom. The van der Waals surface area contributed by atoms with Crippen LogP contribution in [0.1, 0.15) is 11.7 Å². The average Bonchev–Trinajstić information content (AvgIpc) is 2.51. The van der Waals surface area contributed by atoms with Crippen LogP contribution >= 0.6 is 11.6 Å². The van der Waals surface area contributed by atoms with E-state index in [4.69, 9.17) is 11.6 Å². The molecule has 0 radical (unpaired) electrons. The maximum absolute atomic E-state index is 12.4. The molecule has 1 atom stereocenters. The molecule has 0 aliphatic heterocycles. The van der Waals surface area contributed by atoms with Crippen LogP contribution in [0.25, 0.3) is 10.9 Å². The summed E-state index contributed by atoms with van der Waals surface area (Å²) < 4.78 is 1.41. The Morgan fingerprint density at radius 1 is 1.19 bits per heavy atom. The number of hydrogen-bond donors (Lipinski definition) is 1. The zero-order valence-electron chi connectivity index (χ0n) is 11.1. The molecule has 1 aromatic heterocycles. The van der Waals surface area contributed by atoms with E-state index in [1.807, 2.05) is 30.3 Å². The van der Waals surface area contributed by atoms with Gasteiger partial charge in [-0.05, 0) is 23.8 Å². The molecule has 5 heteroatoms. The summed E-state index contributed by atoms with van der Waals surface area (Å²) in [6.07, 6.45) is 0.683. The summed E-state index contributed by atoms with van der Waals surface area (Å²) in [6.45, 7) is 0.161. The molecule has 106 valence electrons. The van der Waals surface area contributed by atoms with Crippen molar-refractivity contribution in [1.29, 1.82) is 0 Å². The van der Waals surface area contributed by atoms with Crippen molar-refractivity contribution in [3.8, 4) is 0 Å². The van der Waals surface area contributed by atoms with Gasteiger partial charge in [0.2, 0.25) is 0 Å². The highest BCUT2D eigenvalue weighted by atomic mass is 35.5. The van der Waals surface area contributed by atoms with Crippen molar-refractivity contribution in [2.45, 2.75) is 12.6 Å². The Bertz CT molecular complexity index is 831. The zero-order valence-corrected chi connectivity index (χ0v) is 11.9. The van der Waals surface area contributed by atoms with E-state index < -0.39 is 6.10 Å². The summed E-state index contributed by atoms with van der Waals surface area (Å²) in [5.74, 6) is 0. The van der Waals surface area contributed by atoms with Crippen LogP contribution in [-0.2, 0) is 6.54 Å². The number of halogens is 1. The van der Waals surface area contributed by atoms with Gasteiger partial charge in [0.1, 0.15) is 0 Å². The summed E-state index contributed by atoms with van der Waals surface area (Å²) in [5, 5.41) is 11.2. The molecule has 1 heterocycles. The van der Waals surface area contributed by atoms with Gasteiger partial charge in [-0.25, -0.2) is 4.98 Å². The summed E-state index contributed by atoms with van der Waals surface area (Å²) in [6, 6.07) is 14.2. The van der Waals surface area contributed by atoms with Crippen molar-refractivity contribution < 1.29 is 5.11 Å². The van der Waals surface area contributed by atoms with Gasteiger partial charge in [0, 0.05) is 5.02 Å². The van der Waals surface area contributed by atoms with E-state index in [-0.39, 0.29) is 12.1 Å². The molecule has 21 heavy (non-hydrogen) atoms. The van der Waals surface area contributed by atoms with Gasteiger partial charge in [-0.3, -0.25) is 9.36 Å². The molecular weight excluding hydrogens is 288 g/mol. The average molecular weight is 301 g/mol. The van der Waals surface area contributed by atoms with Crippen molar-refractivity contribution in [2.75, 3.05) is 0 Å². The van der Waals surface area contributed by atoms with E-state index in [0.717, 1.165) is 5.56 Å². The van der Waals surface area contributed by atoms with Gasteiger partial charge in [-0.1, -0.05) is 41.9 Å². The predicted octanol–water partition coefficient (Wildman–Crippen LogP) is 2.78. The minimum atomic E-state index is -0.754. The van der Waals surface area contributed by atoms with Gasteiger partial charge < -0.3 is 5.11 Å². The number of aliphatic hydroxyl groups excluding tert-OH is 1. The van der Waals surface area contributed by atoms with Crippen molar-refractivity contribution in [3.63, 3.8) is 0 Å². The molecule has 0 aliphatic carbocycles. The lowest BCUT2D eigenvalue weighted by Crippen LogP contribution is -2.23. The normalized spacial score (nSPS) is 12.5. The Morgan fingerprint density at radius 2 is 1.95 bits per heavy atom. The first kappa shape index (κ1) is 13.8. The molecule has 0 bridgehead atoms. The third kappa shape index (κ3) is 2.82. The highest BCUT2D eigenvalue weighted by Crippen LogP contribution is 2.16. The monoisotopic (exact) mass is 300 g/mol. The quantitative estimate of drug-likeness (QED) is 0.809. The maximum atomic E-state index is 12.4. The second-order valence-corrected chi connectivity index (χ2v) is 5.23. The van der Waals surface area contributed by atoms with Gasteiger partial charge in [0.15, 0.2) is 0 Å².